The smallest absolute Gasteiger partial charge is 0.222 e. The van der Waals surface area contributed by atoms with Gasteiger partial charge in [0, 0.05) is 19.5 Å². The van der Waals surface area contributed by atoms with Crippen molar-refractivity contribution in [2.24, 2.45) is 23.7 Å². The standard InChI is InChI=1S/C15H24ClNO/c1-10-4-5-17(9-14(10)16)15(18)8-13-7-11-2-3-12(13)6-11/h10-14H,2-9H2,1H3. The third-order valence-electron chi connectivity index (χ3n) is 5.54. The molecule has 1 saturated heterocycles. The van der Waals surface area contributed by atoms with Gasteiger partial charge in [-0.2, -0.15) is 0 Å². The predicted molar refractivity (Wildman–Crippen MR) is 73.6 cm³/mol. The number of fused-ring (bicyclic) bond motifs is 2. The van der Waals surface area contributed by atoms with Gasteiger partial charge >= 0.3 is 0 Å². The van der Waals surface area contributed by atoms with Crippen LogP contribution in [0.3, 0.4) is 0 Å². The van der Waals surface area contributed by atoms with E-state index in [0.717, 1.165) is 37.8 Å². The van der Waals surface area contributed by atoms with Crippen LogP contribution in [-0.4, -0.2) is 29.3 Å². The number of piperidine rings is 1. The number of alkyl halides is 1. The Morgan fingerprint density at radius 1 is 1.28 bits per heavy atom. The van der Waals surface area contributed by atoms with Gasteiger partial charge in [-0.3, -0.25) is 4.79 Å². The van der Waals surface area contributed by atoms with Crippen molar-refractivity contribution < 1.29 is 4.79 Å². The fourth-order valence-electron chi connectivity index (χ4n) is 4.23. The predicted octanol–water partition coefficient (Wildman–Crippen LogP) is 3.29. The Kier molecular flexibility index (Phi) is 3.57. The number of hydrogen-bond acceptors (Lipinski definition) is 1. The van der Waals surface area contributed by atoms with Crippen molar-refractivity contribution in [1.82, 2.24) is 4.90 Å². The summed E-state index contributed by atoms with van der Waals surface area (Å²) in [5, 5.41) is 0.155. The van der Waals surface area contributed by atoms with Crippen molar-refractivity contribution in [1.29, 1.82) is 0 Å². The number of rotatable bonds is 2. The van der Waals surface area contributed by atoms with E-state index in [1.807, 2.05) is 4.90 Å². The van der Waals surface area contributed by atoms with Crippen molar-refractivity contribution in [3.63, 3.8) is 0 Å². The number of halogens is 1. The van der Waals surface area contributed by atoms with Gasteiger partial charge < -0.3 is 4.90 Å². The van der Waals surface area contributed by atoms with E-state index in [-0.39, 0.29) is 5.38 Å². The summed E-state index contributed by atoms with van der Waals surface area (Å²) in [7, 11) is 0. The number of carbonyl (C=O) groups is 1. The van der Waals surface area contributed by atoms with E-state index in [2.05, 4.69) is 6.92 Å². The van der Waals surface area contributed by atoms with Crippen LogP contribution in [0.4, 0.5) is 0 Å². The van der Waals surface area contributed by atoms with E-state index in [9.17, 15) is 4.79 Å². The molecule has 5 atom stereocenters. The molecule has 1 amide bonds. The van der Waals surface area contributed by atoms with Gasteiger partial charge in [-0.25, -0.2) is 0 Å². The number of nitrogens with zero attached hydrogens (tertiary/aromatic N) is 1. The van der Waals surface area contributed by atoms with Crippen LogP contribution in [0.2, 0.25) is 0 Å². The lowest BCUT2D eigenvalue weighted by Gasteiger charge is -2.35. The van der Waals surface area contributed by atoms with E-state index < -0.39 is 0 Å². The molecule has 102 valence electrons. The molecule has 3 fully saturated rings. The fraction of sp³-hybridized carbons (Fsp3) is 0.933. The van der Waals surface area contributed by atoms with Gasteiger partial charge in [0.1, 0.15) is 0 Å². The first-order valence-electron chi connectivity index (χ1n) is 7.55. The number of carbonyl (C=O) groups excluding carboxylic acids is 1. The summed E-state index contributed by atoms with van der Waals surface area (Å²) in [4.78, 5) is 14.4. The molecule has 0 spiro atoms. The van der Waals surface area contributed by atoms with Gasteiger partial charge in [0.2, 0.25) is 5.91 Å². The van der Waals surface area contributed by atoms with Crippen LogP contribution < -0.4 is 0 Å². The summed E-state index contributed by atoms with van der Waals surface area (Å²) in [5.41, 5.74) is 0. The van der Waals surface area contributed by atoms with Gasteiger partial charge in [-0.15, -0.1) is 11.6 Å². The molecule has 1 heterocycles. The minimum atomic E-state index is 0.155. The van der Waals surface area contributed by atoms with Gasteiger partial charge in [-0.05, 0) is 49.4 Å². The van der Waals surface area contributed by atoms with Gasteiger partial charge in [0.05, 0.1) is 5.38 Å². The van der Waals surface area contributed by atoms with E-state index in [4.69, 9.17) is 11.6 Å². The van der Waals surface area contributed by atoms with Crippen LogP contribution in [0, 0.1) is 23.7 Å². The second kappa shape index (κ2) is 5.03. The quantitative estimate of drug-likeness (QED) is 0.705. The van der Waals surface area contributed by atoms with Crippen LogP contribution in [0.25, 0.3) is 0 Å². The average molecular weight is 270 g/mol. The fourth-order valence-corrected chi connectivity index (χ4v) is 4.52. The second-order valence-electron chi connectivity index (χ2n) is 6.76. The number of amides is 1. The second-order valence-corrected chi connectivity index (χ2v) is 7.32. The summed E-state index contributed by atoms with van der Waals surface area (Å²) in [6.45, 7) is 3.88. The van der Waals surface area contributed by atoms with E-state index in [0.29, 0.717) is 17.7 Å². The van der Waals surface area contributed by atoms with Gasteiger partial charge in [-0.1, -0.05) is 13.3 Å². The third-order valence-corrected chi connectivity index (χ3v) is 6.11. The topological polar surface area (TPSA) is 20.3 Å². The molecule has 0 radical (unpaired) electrons. The molecule has 0 aromatic rings. The van der Waals surface area contributed by atoms with Crippen molar-refractivity contribution in [2.45, 2.75) is 50.8 Å². The molecule has 2 saturated carbocycles. The first kappa shape index (κ1) is 12.8. The highest BCUT2D eigenvalue weighted by Crippen LogP contribution is 2.49. The van der Waals surface area contributed by atoms with Crippen molar-refractivity contribution in [3.8, 4) is 0 Å². The molecular formula is C15H24ClNO. The summed E-state index contributed by atoms with van der Waals surface area (Å²) in [5.74, 6) is 3.40. The van der Waals surface area contributed by atoms with E-state index in [1.165, 1.54) is 25.7 Å². The SMILES string of the molecule is CC1CCN(C(=O)CC2CC3CCC2C3)CC1Cl. The maximum absolute atomic E-state index is 12.3. The van der Waals surface area contributed by atoms with E-state index >= 15 is 0 Å². The lowest BCUT2D eigenvalue weighted by molar-refractivity contribution is -0.133. The molecule has 3 heteroatoms. The molecule has 3 rings (SSSR count). The maximum Gasteiger partial charge on any atom is 0.222 e. The number of likely N-dealkylation sites (tertiary alicyclic amines) is 1. The Bertz CT molecular complexity index is 332. The molecule has 0 N–H and O–H groups in total. The Morgan fingerprint density at radius 2 is 2.11 bits per heavy atom. The molecule has 5 unspecified atom stereocenters. The Balaban J connectivity index is 1.52. The zero-order chi connectivity index (χ0) is 12.7. The van der Waals surface area contributed by atoms with Gasteiger partial charge in [0.25, 0.3) is 0 Å². The molecule has 2 bridgehead atoms. The zero-order valence-electron chi connectivity index (χ0n) is 11.3. The molecule has 2 aliphatic carbocycles. The van der Waals surface area contributed by atoms with Crippen molar-refractivity contribution in [2.75, 3.05) is 13.1 Å². The normalized spacial score (nSPS) is 43.4. The molecule has 3 aliphatic rings. The van der Waals surface area contributed by atoms with Crippen LogP contribution in [0.5, 0.6) is 0 Å². The van der Waals surface area contributed by atoms with Gasteiger partial charge in [0.15, 0.2) is 0 Å². The molecule has 2 nitrogen and oxygen atoms in total. The van der Waals surface area contributed by atoms with E-state index in [1.54, 1.807) is 0 Å². The summed E-state index contributed by atoms with van der Waals surface area (Å²) in [6, 6.07) is 0. The highest BCUT2D eigenvalue weighted by Gasteiger charge is 2.41. The van der Waals surface area contributed by atoms with Crippen molar-refractivity contribution in [3.05, 3.63) is 0 Å². The summed E-state index contributed by atoms with van der Waals surface area (Å²) in [6.07, 6.45) is 7.35. The van der Waals surface area contributed by atoms with Crippen LogP contribution in [0.1, 0.15) is 45.4 Å². The Hall–Kier alpha value is -0.240. The van der Waals surface area contributed by atoms with Crippen LogP contribution >= 0.6 is 11.6 Å². The molecule has 0 aromatic heterocycles. The van der Waals surface area contributed by atoms with Crippen LogP contribution in [-0.2, 0) is 4.79 Å². The molecule has 18 heavy (non-hydrogen) atoms. The molecule has 0 aromatic carbocycles. The average Bonchev–Trinajstić information content (AvgIpc) is 2.94. The minimum Gasteiger partial charge on any atom is -0.341 e. The lowest BCUT2D eigenvalue weighted by Crippen LogP contribution is -2.44. The monoisotopic (exact) mass is 269 g/mol. The summed E-state index contributed by atoms with van der Waals surface area (Å²) < 4.78 is 0. The Labute approximate surface area is 115 Å². The zero-order valence-corrected chi connectivity index (χ0v) is 12.0. The first-order chi connectivity index (χ1) is 8.63. The highest BCUT2D eigenvalue weighted by molar-refractivity contribution is 6.21. The first-order valence-corrected chi connectivity index (χ1v) is 7.99. The molecule has 1 aliphatic heterocycles. The highest BCUT2D eigenvalue weighted by atomic mass is 35.5. The summed E-state index contributed by atoms with van der Waals surface area (Å²) >= 11 is 6.29. The number of hydrogen-bond donors (Lipinski definition) is 0. The lowest BCUT2D eigenvalue weighted by atomic mass is 9.86. The Morgan fingerprint density at radius 3 is 2.72 bits per heavy atom. The largest absolute Gasteiger partial charge is 0.341 e. The van der Waals surface area contributed by atoms with Crippen molar-refractivity contribution >= 4 is 17.5 Å². The van der Waals surface area contributed by atoms with Crippen LogP contribution in [0.15, 0.2) is 0 Å². The minimum absolute atomic E-state index is 0.155. The third kappa shape index (κ3) is 2.41. The molecular weight excluding hydrogens is 246 g/mol. The maximum atomic E-state index is 12.3.